The summed E-state index contributed by atoms with van der Waals surface area (Å²) in [6.45, 7) is 8.04. The van der Waals surface area contributed by atoms with Crippen LogP contribution in [0.2, 0.25) is 0 Å². The second kappa shape index (κ2) is 13.1. The number of hydrogen-bond donors (Lipinski definition) is 2. The van der Waals surface area contributed by atoms with Crippen molar-refractivity contribution in [3.05, 3.63) is 18.2 Å². The van der Waals surface area contributed by atoms with Gasteiger partial charge in [0.25, 0.3) is 5.91 Å². The largest absolute Gasteiger partial charge is 0.476 e. The highest BCUT2D eigenvalue weighted by molar-refractivity contribution is 6.04. The third-order valence-electron chi connectivity index (χ3n) is 8.78. The predicted octanol–water partition coefficient (Wildman–Crippen LogP) is 2.88. The van der Waals surface area contributed by atoms with Crippen molar-refractivity contribution in [1.29, 1.82) is 0 Å². The standard InChI is InChI=1S/C31H46N4O6/c1-31(2)30(38)34(13-4-14-39-3)26-18-25(7-8-27(26)41-31)35(24-5-6-24)29(37)23-17-22(19-32-20-23)28(36)33-12-9-21-10-15-40-16-11-21/h7-8,18,21-24,32H,4-6,9-17,19-20H2,1-3H3,(H,33,36)/t22-,23+/m0/s1. The van der Waals surface area contributed by atoms with E-state index in [-0.39, 0.29) is 35.6 Å². The molecule has 0 bridgehead atoms. The van der Waals surface area contributed by atoms with E-state index in [9.17, 15) is 14.4 Å². The van der Waals surface area contributed by atoms with Crippen molar-refractivity contribution in [1.82, 2.24) is 10.6 Å². The number of amides is 3. The molecule has 10 heteroatoms. The Morgan fingerprint density at radius 3 is 2.63 bits per heavy atom. The van der Waals surface area contributed by atoms with Gasteiger partial charge in [0.2, 0.25) is 11.8 Å². The van der Waals surface area contributed by atoms with Crippen molar-refractivity contribution in [2.24, 2.45) is 17.8 Å². The van der Waals surface area contributed by atoms with Gasteiger partial charge in [0, 0.05) is 64.8 Å². The third kappa shape index (κ3) is 7.04. The second-order valence-electron chi connectivity index (χ2n) is 12.4. The number of nitrogens with one attached hydrogen (secondary N) is 2. The smallest absolute Gasteiger partial charge is 0.270 e. The molecule has 2 N–H and O–H groups in total. The zero-order valence-corrected chi connectivity index (χ0v) is 24.8. The van der Waals surface area contributed by atoms with Gasteiger partial charge in [0.1, 0.15) is 5.75 Å². The molecule has 3 amide bonds. The van der Waals surface area contributed by atoms with Crippen LogP contribution in [0.1, 0.15) is 58.8 Å². The molecule has 0 aromatic heterocycles. The fourth-order valence-electron chi connectivity index (χ4n) is 6.25. The van der Waals surface area contributed by atoms with Gasteiger partial charge in [-0.05, 0) is 82.9 Å². The maximum absolute atomic E-state index is 14.0. The Kier molecular flexibility index (Phi) is 9.51. The van der Waals surface area contributed by atoms with Gasteiger partial charge >= 0.3 is 0 Å². The predicted molar refractivity (Wildman–Crippen MR) is 156 cm³/mol. The van der Waals surface area contributed by atoms with Gasteiger partial charge < -0.3 is 34.6 Å². The van der Waals surface area contributed by atoms with Crippen molar-refractivity contribution in [3.8, 4) is 5.75 Å². The summed E-state index contributed by atoms with van der Waals surface area (Å²) in [6.07, 6.45) is 6.19. The van der Waals surface area contributed by atoms with Crippen LogP contribution in [0.3, 0.4) is 0 Å². The fraction of sp³-hybridized carbons (Fsp3) is 0.710. The van der Waals surface area contributed by atoms with Crippen LogP contribution in [0.25, 0.3) is 0 Å². The average molecular weight is 571 g/mol. The minimum absolute atomic E-state index is 0.0267. The summed E-state index contributed by atoms with van der Waals surface area (Å²) in [5.74, 6) is 0.672. The molecule has 5 rings (SSSR count). The van der Waals surface area contributed by atoms with Gasteiger partial charge in [0.15, 0.2) is 5.60 Å². The molecular formula is C31H46N4O6. The Labute approximate surface area is 243 Å². The monoisotopic (exact) mass is 570 g/mol. The van der Waals surface area contributed by atoms with Crippen LogP contribution in [0.15, 0.2) is 18.2 Å². The van der Waals surface area contributed by atoms with E-state index >= 15 is 0 Å². The lowest BCUT2D eigenvalue weighted by molar-refractivity contribution is -0.132. The molecule has 1 aromatic carbocycles. The first-order chi connectivity index (χ1) is 19.8. The van der Waals surface area contributed by atoms with Crippen molar-refractivity contribution < 1.29 is 28.6 Å². The van der Waals surface area contributed by atoms with E-state index in [1.165, 1.54) is 0 Å². The number of methoxy groups -OCH3 is 1. The molecule has 3 aliphatic heterocycles. The van der Waals surface area contributed by atoms with E-state index in [1.54, 1.807) is 25.9 Å². The van der Waals surface area contributed by atoms with Gasteiger partial charge in [-0.15, -0.1) is 0 Å². The topological polar surface area (TPSA) is 109 Å². The molecule has 226 valence electrons. The molecular weight excluding hydrogens is 524 g/mol. The summed E-state index contributed by atoms with van der Waals surface area (Å²) in [6, 6.07) is 5.85. The van der Waals surface area contributed by atoms with Crippen LogP contribution in [0, 0.1) is 17.8 Å². The molecule has 0 radical (unpaired) electrons. The molecule has 4 aliphatic rings. The fourth-order valence-corrected chi connectivity index (χ4v) is 6.25. The molecule has 0 unspecified atom stereocenters. The number of benzene rings is 1. The normalized spacial score (nSPS) is 24.4. The molecule has 2 saturated heterocycles. The number of ether oxygens (including phenoxy) is 3. The van der Waals surface area contributed by atoms with Crippen LogP contribution in [0.4, 0.5) is 11.4 Å². The van der Waals surface area contributed by atoms with Crippen LogP contribution >= 0.6 is 0 Å². The van der Waals surface area contributed by atoms with Gasteiger partial charge in [-0.1, -0.05) is 0 Å². The molecule has 3 heterocycles. The zero-order chi connectivity index (χ0) is 29.0. The zero-order valence-electron chi connectivity index (χ0n) is 24.8. The number of hydrogen-bond acceptors (Lipinski definition) is 7. The maximum atomic E-state index is 14.0. The van der Waals surface area contributed by atoms with E-state index in [2.05, 4.69) is 10.6 Å². The first kappa shape index (κ1) is 29.8. The van der Waals surface area contributed by atoms with E-state index in [0.717, 1.165) is 51.0 Å². The molecule has 3 fully saturated rings. The first-order valence-electron chi connectivity index (χ1n) is 15.3. The Bertz CT molecular complexity index is 1100. The van der Waals surface area contributed by atoms with Crippen LogP contribution < -0.4 is 25.2 Å². The number of carbonyl (C=O) groups is 3. The molecule has 41 heavy (non-hydrogen) atoms. The van der Waals surface area contributed by atoms with Gasteiger partial charge in [0.05, 0.1) is 17.5 Å². The summed E-state index contributed by atoms with van der Waals surface area (Å²) >= 11 is 0. The summed E-state index contributed by atoms with van der Waals surface area (Å²) in [4.78, 5) is 44.0. The summed E-state index contributed by atoms with van der Waals surface area (Å²) < 4.78 is 16.7. The minimum Gasteiger partial charge on any atom is -0.476 e. The van der Waals surface area contributed by atoms with Crippen molar-refractivity contribution in [2.75, 3.05) is 62.9 Å². The Balaban J connectivity index is 1.27. The number of anilines is 2. The van der Waals surface area contributed by atoms with E-state index in [0.29, 0.717) is 63.0 Å². The van der Waals surface area contributed by atoms with E-state index < -0.39 is 5.60 Å². The quantitative estimate of drug-likeness (QED) is 0.394. The van der Waals surface area contributed by atoms with E-state index in [4.69, 9.17) is 14.2 Å². The van der Waals surface area contributed by atoms with Crippen LogP contribution in [0.5, 0.6) is 5.75 Å². The summed E-state index contributed by atoms with van der Waals surface area (Å²) in [7, 11) is 1.65. The Morgan fingerprint density at radius 1 is 1.15 bits per heavy atom. The highest BCUT2D eigenvalue weighted by Gasteiger charge is 2.43. The molecule has 2 atom stereocenters. The third-order valence-corrected chi connectivity index (χ3v) is 8.78. The second-order valence-corrected chi connectivity index (χ2v) is 12.4. The van der Waals surface area contributed by atoms with Crippen molar-refractivity contribution in [3.63, 3.8) is 0 Å². The maximum Gasteiger partial charge on any atom is 0.270 e. The molecule has 1 aliphatic carbocycles. The van der Waals surface area contributed by atoms with Crippen LogP contribution in [-0.2, 0) is 23.9 Å². The number of fused-ring (bicyclic) bond motifs is 1. The van der Waals surface area contributed by atoms with Crippen LogP contribution in [-0.4, -0.2) is 82.5 Å². The lowest BCUT2D eigenvalue weighted by atomic mass is 9.88. The van der Waals surface area contributed by atoms with Gasteiger partial charge in [-0.2, -0.15) is 0 Å². The number of piperidine rings is 1. The number of carbonyl (C=O) groups excluding carboxylic acids is 3. The SMILES string of the molecule is COCCCN1C(=O)C(C)(C)Oc2ccc(N(C(=O)[C@H]3CNC[C@@H](C(=O)NCCC4CCOCC4)C3)C3CC3)cc21. The average Bonchev–Trinajstić information content (AvgIpc) is 3.81. The molecule has 0 spiro atoms. The van der Waals surface area contributed by atoms with Crippen molar-refractivity contribution in [2.45, 2.75) is 70.4 Å². The molecule has 1 aromatic rings. The summed E-state index contributed by atoms with van der Waals surface area (Å²) in [5.41, 5.74) is 0.485. The molecule has 10 nitrogen and oxygen atoms in total. The van der Waals surface area contributed by atoms with E-state index in [1.807, 2.05) is 23.1 Å². The van der Waals surface area contributed by atoms with Crippen molar-refractivity contribution >= 4 is 29.1 Å². The highest BCUT2D eigenvalue weighted by atomic mass is 16.5. The highest BCUT2D eigenvalue weighted by Crippen LogP contribution is 2.43. The number of nitrogens with zero attached hydrogens (tertiary/aromatic N) is 2. The lowest BCUT2D eigenvalue weighted by Gasteiger charge is -2.39. The summed E-state index contributed by atoms with van der Waals surface area (Å²) in [5, 5.41) is 6.46. The Hall–Kier alpha value is -2.69. The van der Waals surface area contributed by atoms with Gasteiger partial charge in [-0.3, -0.25) is 14.4 Å². The number of rotatable bonds is 11. The lowest BCUT2D eigenvalue weighted by Crippen LogP contribution is -2.53. The Morgan fingerprint density at radius 2 is 1.90 bits per heavy atom. The van der Waals surface area contributed by atoms with Gasteiger partial charge in [-0.25, -0.2) is 0 Å². The molecule has 1 saturated carbocycles. The first-order valence-corrected chi connectivity index (χ1v) is 15.3. The minimum atomic E-state index is -0.970.